The van der Waals surface area contributed by atoms with E-state index in [9.17, 15) is 0 Å². The zero-order chi connectivity index (χ0) is 13.7. The summed E-state index contributed by atoms with van der Waals surface area (Å²) >= 11 is 0. The maximum atomic E-state index is 9.04. The lowest BCUT2D eigenvalue weighted by Gasteiger charge is -2.29. The van der Waals surface area contributed by atoms with Crippen LogP contribution in [0.5, 0.6) is 0 Å². The van der Waals surface area contributed by atoms with Gasteiger partial charge >= 0.3 is 0 Å². The van der Waals surface area contributed by atoms with E-state index in [1.807, 2.05) is 18.3 Å². The summed E-state index contributed by atoms with van der Waals surface area (Å²) in [5.41, 5.74) is 1.09. The Morgan fingerprint density at radius 2 is 2.32 bits per heavy atom. The van der Waals surface area contributed by atoms with Gasteiger partial charge in [-0.1, -0.05) is 6.07 Å². The highest BCUT2D eigenvalue weighted by Gasteiger charge is 2.26. The first-order valence-corrected chi connectivity index (χ1v) is 6.92. The zero-order valence-corrected chi connectivity index (χ0v) is 11.8. The summed E-state index contributed by atoms with van der Waals surface area (Å²) in [6, 6.07) is 9.23. The lowest BCUT2D eigenvalue weighted by atomic mass is 10.1. The molecule has 1 saturated heterocycles. The molecule has 1 fully saturated rings. The van der Waals surface area contributed by atoms with Gasteiger partial charge in [0.15, 0.2) is 0 Å². The molecule has 2 heterocycles. The van der Waals surface area contributed by atoms with Crippen molar-refractivity contribution in [2.45, 2.75) is 38.4 Å². The number of nitriles is 1. The fourth-order valence-corrected chi connectivity index (χ4v) is 2.59. The van der Waals surface area contributed by atoms with E-state index < -0.39 is 0 Å². The van der Waals surface area contributed by atoms with Crippen molar-refractivity contribution in [1.82, 2.24) is 14.8 Å². The van der Waals surface area contributed by atoms with Gasteiger partial charge in [-0.05, 0) is 32.5 Å². The molecule has 0 N–H and O–H groups in total. The highest BCUT2D eigenvalue weighted by atomic mass is 15.2. The van der Waals surface area contributed by atoms with Crippen molar-refractivity contribution in [3.05, 3.63) is 30.1 Å². The number of pyridine rings is 1. The van der Waals surface area contributed by atoms with Gasteiger partial charge in [-0.3, -0.25) is 9.88 Å². The van der Waals surface area contributed by atoms with Gasteiger partial charge in [0.1, 0.15) is 0 Å². The second kappa shape index (κ2) is 6.65. The van der Waals surface area contributed by atoms with Crippen LogP contribution in [0.15, 0.2) is 24.4 Å². The SMILES string of the molecule is CC1CCN(Cc2ccccn2)C(CC#N)CN1C. The Bertz CT molecular complexity index is 426. The largest absolute Gasteiger partial charge is 0.302 e. The molecule has 0 saturated carbocycles. The van der Waals surface area contributed by atoms with Crippen LogP contribution in [0, 0.1) is 11.3 Å². The minimum atomic E-state index is 0.307. The number of nitrogens with zero attached hydrogens (tertiary/aromatic N) is 4. The van der Waals surface area contributed by atoms with E-state index in [0.29, 0.717) is 18.5 Å². The Morgan fingerprint density at radius 3 is 3.00 bits per heavy atom. The van der Waals surface area contributed by atoms with Crippen LogP contribution in [0.2, 0.25) is 0 Å². The van der Waals surface area contributed by atoms with Gasteiger partial charge in [0.2, 0.25) is 0 Å². The van der Waals surface area contributed by atoms with Gasteiger partial charge in [-0.25, -0.2) is 0 Å². The van der Waals surface area contributed by atoms with Crippen molar-refractivity contribution in [2.75, 3.05) is 20.1 Å². The van der Waals surface area contributed by atoms with Crippen molar-refractivity contribution >= 4 is 0 Å². The summed E-state index contributed by atoms with van der Waals surface area (Å²) < 4.78 is 0. The number of likely N-dealkylation sites (N-methyl/N-ethyl adjacent to an activating group) is 1. The van der Waals surface area contributed by atoms with E-state index in [-0.39, 0.29) is 0 Å². The summed E-state index contributed by atoms with van der Waals surface area (Å²) in [7, 11) is 2.15. The van der Waals surface area contributed by atoms with Gasteiger partial charge in [-0.15, -0.1) is 0 Å². The van der Waals surface area contributed by atoms with Crippen LogP contribution >= 0.6 is 0 Å². The average molecular weight is 258 g/mol. The molecule has 1 aliphatic heterocycles. The second-order valence-electron chi connectivity index (χ2n) is 5.38. The molecule has 2 atom stereocenters. The molecule has 1 aromatic rings. The average Bonchev–Trinajstić information content (AvgIpc) is 2.54. The number of hydrogen-bond donors (Lipinski definition) is 0. The molecule has 0 amide bonds. The fraction of sp³-hybridized carbons (Fsp3) is 0.600. The molecule has 19 heavy (non-hydrogen) atoms. The first-order chi connectivity index (χ1) is 9.20. The smallest absolute Gasteiger partial charge is 0.0638 e. The normalized spacial score (nSPS) is 25.7. The fourth-order valence-electron chi connectivity index (χ4n) is 2.59. The summed E-state index contributed by atoms with van der Waals surface area (Å²) in [5.74, 6) is 0. The first kappa shape index (κ1) is 14.0. The summed E-state index contributed by atoms with van der Waals surface area (Å²) in [4.78, 5) is 9.17. The Labute approximate surface area is 115 Å². The maximum absolute atomic E-state index is 9.04. The third-order valence-corrected chi connectivity index (χ3v) is 4.02. The Morgan fingerprint density at radius 1 is 1.47 bits per heavy atom. The molecular weight excluding hydrogens is 236 g/mol. The molecule has 2 unspecified atom stereocenters. The molecule has 0 aromatic carbocycles. The van der Waals surface area contributed by atoms with E-state index in [1.165, 1.54) is 0 Å². The molecule has 4 nitrogen and oxygen atoms in total. The monoisotopic (exact) mass is 258 g/mol. The van der Waals surface area contributed by atoms with Gasteiger partial charge in [0, 0.05) is 37.9 Å². The second-order valence-corrected chi connectivity index (χ2v) is 5.38. The molecular formula is C15H22N4. The highest BCUT2D eigenvalue weighted by Crippen LogP contribution is 2.18. The Kier molecular flexibility index (Phi) is 4.89. The predicted octanol–water partition coefficient (Wildman–Crippen LogP) is 1.89. The van der Waals surface area contributed by atoms with Crippen molar-refractivity contribution in [3.8, 4) is 6.07 Å². The van der Waals surface area contributed by atoms with Crippen LogP contribution in [0.3, 0.4) is 0 Å². The molecule has 1 aromatic heterocycles. The minimum Gasteiger partial charge on any atom is -0.302 e. The first-order valence-electron chi connectivity index (χ1n) is 6.92. The topological polar surface area (TPSA) is 43.2 Å². The number of hydrogen-bond acceptors (Lipinski definition) is 4. The van der Waals surface area contributed by atoms with Crippen molar-refractivity contribution in [2.24, 2.45) is 0 Å². The van der Waals surface area contributed by atoms with E-state index in [1.54, 1.807) is 0 Å². The quantitative estimate of drug-likeness (QED) is 0.830. The van der Waals surface area contributed by atoms with Crippen molar-refractivity contribution in [3.63, 3.8) is 0 Å². The van der Waals surface area contributed by atoms with E-state index >= 15 is 0 Å². The van der Waals surface area contributed by atoms with Crippen LogP contribution in [-0.4, -0.2) is 47.0 Å². The van der Waals surface area contributed by atoms with Crippen LogP contribution in [0.4, 0.5) is 0 Å². The molecule has 1 aliphatic rings. The van der Waals surface area contributed by atoms with Crippen LogP contribution in [0.25, 0.3) is 0 Å². The lowest BCUT2D eigenvalue weighted by Crippen LogP contribution is -2.40. The standard InChI is InChI=1S/C15H22N4/c1-13-7-10-19(11-14-5-3-4-9-17-14)15(6-8-16)12-18(13)2/h3-5,9,13,15H,6-7,10-12H2,1-2H3. The van der Waals surface area contributed by atoms with Gasteiger partial charge in [0.05, 0.1) is 18.2 Å². The third-order valence-electron chi connectivity index (χ3n) is 4.02. The summed E-state index contributed by atoms with van der Waals surface area (Å²) in [6.07, 6.45) is 3.57. The Hall–Kier alpha value is -1.44. The van der Waals surface area contributed by atoms with E-state index in [0.717, 1.165) is 31.7 Å². The number of aromatic nitrogens is 1. The molecule has 102 valence electrons. The third kappa shape index (κ3) is 3.76. The predicted molar refractivity (Wildman–Crippen MR) is 75.4 cm³/mol. The molecule has 0 radical (unpaired) electrons. The van der Waals surface area contributed by atoms with Gasteiger partial charge in [0.25, 0.3) is 0 Å². The van der Waals surface area contributed by atoms with Gasteiger partial charge < -0.3 is 4.90 Å². The van der Waals surface area contributed by atoms with Gasteiger partial charge in [-0.2, -0.15) is 5.26 Å². The number of rotatable bonds is 3. The Balaban J connectivity index is 2.09. The lowest BCUT2D eigenvalue weighted by molar-refractivity contribution is 0.176. The molecule has 0 aliphatic carbocycles. The van der Waals surface area contributed by atoms with Crippen molar-refractivity contribution in [1.29, 1.82) is 5.26 Å². The summed E-state index contributed by atoms with van der Waals surface area (Å²) in [6.45, 7) is 5.09. The molecule has 0 bridgehead atoms. The van der Waals surface area contributed by atoms with Crippen LogP contribution in [0.1, 0.15) is 25.5 Å². The minimum absolute atomic E-state index is 0.307. The maximum Gasteiger partial charge on any atom is 0.0638 e. The van der Waals surface area contributed by atoms with E-state index in [2.05, 4.69) is 40.9 Å². The zero-order valence-electron chi connectivity index (χ0n) is 11.8. The van der Waals surface area contributed by atoms with Crippen LogP contribution in [-0.2, 0) is 6.54 Å². The van der Waals surface area contributed by atoms with Crippen LogP contribution < -0.4 is 0 Å². The molecule has 0 spiro atoms. The highest BCUT2D eigenvalue weighted by molar-refractivity contribution is 5.04. The summed E-state index contributed by atoms with van der Waals surface area (Å²) in [5, 5.41) is 9.04. The molecule has 2 rings (SSSR count). The molecule has 4 heteroatoms. The van der Waals surface area contributed by atoms with Crippen molar-refractivity contribution < 1.29 is 0 Å². The van der Waals surface area contributed by atoms with E-state index in [4.69, 9.17) is 5.26 Å².